The molecule has 0 aromatic heterocycles. The number of amides is 1. The molecule has 4 aliphatic rings. The molecule has 1 aliphatic heterocycles. The van der Waals surface area contributed by atoms with Crippen molar-refractivity contribution in [2.24, 2.45) is 16.7 Å². The van der Waals surface area contributed by atoms with Crippen LogP contribution in [0.2, 0.25) is 0 Å². The summed E-state index contributed by atoms with van der Waals surface area (Å²) in [6.07, 6.45) is -7.55. The van der Waals surface area contributed by atoms with Crippen LogP contribution in [0.1, 0.15) is 86.7 Å². The number of Topliss-reactive ketones (excluding diaryl/α,β-unsaturated/α-hetero) is 1. The van der Waals surface area contributed by atoms with Crippen molar-refractivity contribution >= 4 is 47.3 Å². The van der Waals surface area contributed by atoms with E-state index in [0.717, 1.165) is 6.92 Å². The Balaban J connectivity index is 1.41. The van der Waals surface area contributed by atoms with E-state index in [9.17, 15) is 34.2 Å². The largest absolute Gasteiger partial charge is 0.456 e. The molecule has 346 valence electrons. The zero-order chi connectivity index (χ0) is 47.1. The summed E-state index contributed by atoms with van der Waals surface area (Å²) >= 11 is 1.34. The van der Waals surface area contributed by atoms with Gasteiger partial charge in [-0.2, -0.15) is 0 Å². The third-order valence-corrected chi connectivity index (χ3v) is 14.2. The zero-order valence-corrected chi connectivity index (χ0v) is 38.1. The van der Waals surface area contributed by atoms with Gasteiger partial charge in [0.25, 0.3) is 5.91 Å². The van der Waals surface area contributed by atoms with Gasteiger partial charge < -0.3 is 44.0 Å². The average molecular weight is 914 g/mol. The number of aliphatic hydroxyl groups is 2. The van der Waals surface area contributed by atoms with Gasteiger partial charge in [-0.15, -0.1) is 11.8 Å². The Morgan fingerprint density at radius 3 is 2.02 bits per heavy atom. The van der Waals surface area contributed by atoms with Crippen molar-refractivity contribution in [2.45, 2.75) is 108 Å². The first kappa shape index (κ1) is 47.6. The summed E-state index contributed by atoms with van der Waals surface area (Å²) in [5.74, 6) is -6.28. The second kappa shape index (κ2) is 18.5. The van der Waals surface area contributed by atoms with Crippen molar-refractivity contribution in [3.63, 3.8) is 0 Å². The summed E-state index contributed by atoms with van der Waals surface area (Å²) < 4.78 is 37.5. The van der Waals surface area contributed by atoms with E-state index in [-0.39, 0.29) is 41.2 Å². The van der Waals surface area contributed by atoms with Crippen molar-refractivity contribution in [2.75, 3.05) is 18.8 Å². The van der Waals surface area contributed by atoms with Gasteiger partial charge in [0.2, 0.25) is 0 Å². The molecule has 1 saturated heterocycles. The minimum atomic E-state index is -2.34. The summed E-state index contributed by atoms with van der Waals surface area (Å²) in [6, 6.07) is 23.2. The molecule has 3 N–H and O–H groups in total. The maximum absolute atomic E-state index is 15.9. The standard InChI is InChI=1S/C49H55NO14S/c1-27-33(62-45(57)38(53)37(30-17-11-8-12-18-30)50-43(55)31-19-13-9-14-20-31)24-49(58)42(63-44(56)32-21-15-10-16-22-32)40-47(6,41(54)39(61-28(2)51)36(27)46(49,4)5)34(60-26-65-7)23-35-48(40,25-59-35)64-29(3)52/h8-22,33-35,37-40,42,53,58H,23-26H2,1-7H3,(H,50,55)/t33-,34-,35+,37-,38+,39+,40?,42-,47+,48-,49+/m0/s1. The first-order valence-electron chi connectivity index (χ1n) is 21.4. The molecule has 2 bridgehead atoms. The van der Waals surface area contributed by atoms with Crippen molar-refractivity contribution in [3.8, 4) is 0 Å². The fourth-order valence-corrected chi connectivity index (χ4v) is 10.9. The molecule has 11 atom stereocenters. The molecule has 0 radical (unpaired) electrons. The highest BCUT2D eigenvalue weighted by molar-refractivity contribution is 7.98. The number of thioether (sulfide) groups is 1. The quantitative estimate of drug-likeness (QED) is 0.0884. The number of benzene rings is 3. The van der Waals surface area contributed by atoms with Gasteiger partial charge in [-0.1, -0.05) is 80.6 Å². The van der Waals surface area contributed by atoms with Crippen LogP contribution in [0.5, 0.6) is 0 Å². The Kier molecular flexibility index (Phi) is 13.5. The van der Waals surface area contributed by atoms with E-state index >= 15 is 4.79 Å². The van der Waals surface area contributed by atoms with Gasteiger partial charge in [0, 0.05) is 37.7 Å². The summed E-state index contributed by atoms with van der Waals surface area (Å²) in [5.41, 5.74) is -6.48. The van der Waals surface area contributed by atoms with Gasteiger partial charge in [0.05, 0.1) is 41.6 Å². The number of ether oxygens (including phenoxy) is 6. The van der Waals surface area contributed by atoms with Crippen LogP contribution in [0.4, 0.5) is 0 Å². The number of hydrogen-bond donors (Lipinski definition) is 3. The summed E-state index contributed by atoms with van der Waals surface area (Å²) in [5, 5.41) is 28.5. The Hall–Kier alpha value is -5.39. The Bertz CT molecular complexity index is 2340. The molecular weight excluding hydrogens is 859 g/mol. The Morgan fingerprint density at radius 2 is 1.46 bits per heavy atom. The van der Waals surface area contributed by atoms with E-state index < -0.39 is 113 Å². The minimum absolute atomic E-state index is 0.0418. The molecule has 7 rings (SSSR count). The average Bonchev–Trinajstić information content (AvgIpc) is 3.27. The van der Waals surface area contributed by atoms with Crippen LogP contribution in [-0.2, 0) is 47.6 Å². The predicted octanol–water partition coefficient (Wildman–Crippen LogP) is 5.08. The third kappa shape index (κ3) is 8.39. The number of esters is 4. The molecule has 15 nitrogen and oxygen atoms in total. The minimum Gasteiger partial charge on any atom is -0.456 e. The smallest absolute Gasteiger partial charge is 0.338 e. The highest BCUT2D eigenvalue weighted by atomic mass is 32.2. The molecule has 1 heterocycles. The number of rotatable bonds is 13. The number of ketones is 1. The molecular formula is C49H55NO14S. The van der Waals surface area contributed by atoms with Crippen LogP contribution in [0.3, 0.4) is 0 Å². The van der Waals surface area contributed by atoms with Gasteiger partial charge in [-0.05, 0) is 61.1 Å². The third-order valence-electron chi connectivity index (χ3n) is 13.8. The SMILES string of the molecule is CSCO[C@H]1C[C@H]2OC[C@@]2(OC(C)=O)C2[C@H](OC(=O)c3ccccc3)[C@]3(O)C[C@H](OC(=O)[C@H](O)[C@@H](NC(=O)c4ccccc4)c4ccccc4)C(C)=C([C@@H](OC(C)=O)C(=O)[C@@]21C)C3(C)C. The molecule has 0 spiro atoms. The van der Waals surface area contributed by atoms with Crippen molar-refractivity contribution in [1.82, 2.24) is 5.32 Å². The molecule has 3 aliphatic carbocycles. The van der Waals surface area contributed by atoms with Crippen LogP contribution in [0.25, 0.3) is 0 Å². The van der Waals surface area contributed by atoms with Gasteiger partial charge in [0.1, 0.15) is 23.9 Å². The molecule has 1 amide bonds. The number of aliphatic hydroxyl groups excluding tert-OH is 1. The summed E-state index contributed by atoms with van der Waals surface area (Å²) in [4.78, 5) is 84.7. The Labute approximate surface area is 381 Å². The van der Waals surface area contributed by atoms with E-state index in [1.54, 1.807) is 113 Å². The second-order valence-corrected chi connectivity index (χ2v) is 18.7. The number of fused-ring (bicyclic) bond motifs is 5. The Morgan fingerprint density at radius 1 is 0.862 bits per heavy atom. The van der Waals surface area contributed by atoms with Gasteiger partial charge in [-0.25, -0.2) is 9.59 Å². The molecule has 2 saturated carbocycles. The fraction of sp³-hybridized carbons (Fsp3) is 0.469. The molecule has 3 fully saturated rings. The van der Waals surface area contributed by atoms with Crippen LogP contribution in [0.15, 0.2) is 102 Å². The molecule has 1 unspecified atom stereocenters. The lowest BCUT2D eigenvalue weighted by Crippen LogP contribution is -2.82. The highest BCUT2D eigenvalue weighted by Gasteiger charge is 2.78. The first-order valence-corrected chi connectivity index (χ1v) is 22.8. The molecule has 3 aromatic rings. The molecule has 3 aromatic carbocycles. The number of carbonyl (C=O) groups excluding carboxylic acids is 6. The van der Waals surface area contributed by atoms with Gasteiger partial charge in [-0.3, -0.25) is 19.2 Å². The summed E-state index contributed by atoms with van der Waals surface area (Å²) in [6.45, 7) is 8.45. The normalized spacial score (nSPS) is 30.9. The van der Waals surface area contributed by atoms with E-state index in [1.165, 1.54) is 30.8 Å². The van der Waals surface area contributed by atoms with E-state index in [2.05, 4.69) is 5.32 Å². The van der Waals surface area contributed by atoms with Gasteiger partial charge in [0.15, 0.2) is 23.6 Å². The van der Waals surface area contributed by atoms with Crippen LogP contribution >= 0.6 is 11.8 Å². The first-order chi connectivity index (χ1) is 30.8. The van der Waals surface area contributed by atoms with Crippen molar-refractivity contribution in [1.29, 1.82) is 0 Å². The predicted molar refractivity (Wildman–Crippen MR) is 235 cm³/mol. The second-order valence-electron chi connectivity index (χ2n) is 17.9. The number of carbonyl (C=O) groups is 6. The summed E-state index contributed by atoms with van der Waals surface area (Å²) in [7, 11) is 0. The maximum atomic E-state index is 15.9. The lowest BCUT2D eigenvalue weighted by atomic mass is 9.44. The zero-order valence-electron chi connectivity index (χ0n) is 37.3. The van der Waals surface area contributed by atoms with Gasteiger partial charge >= 0.3 is 23.9 Å². The topological polar surface area (TPSA) is 210 Å². The maximum Gasteiger partial charge on any atom is 0.338 e. The van der Waals surface area contributed by atoms with Crippen molar-refractivity contribution < 1.29 is 67.4 Å². The lowest BCUT2D eigenvalue weighted by Gasteiger charge is -2.67. The number of hydrogen-bond acceptors (Lipinski definition) is 15. The molecule has 65 heavy (non-hydrogen) atoms. The van der Waals surface area contributed by atoms with Crippen molar-refractivity contribution in [3.05, 3.63) is 119 Å². The van der Waals surface area contributed by atoms with E-state index in [4.69, 9.17) is 28.4 Å². The highest BCUT2D eigenvalue weighted by Crippen LogP contribution is 2.65. The van der Waals surface area contributed by atoms with E-state index in [0.29, 0.717) is 5.56 Å². The van der Waals surface area contributed by atoms with Crippen LogP contribution < -0.4 is 5.32 Å². The monoisotopic (exact) mass is 913 g/mol. The van der Waals surface area contributed by atoms with Crippen LogP contribution in [0, 0.1) is 16.7 Å². The lowest BCUT2D eigenvalue weighted by molar-refractivity contribution is -0.347. The van der Waals surface area contributed by atoms with E-state index in [1.807, 2.05) is 0 Å². The molecule has 16 heteroatoms. The van der Waals surface area contributed by atoms with Crippen LogP contribution in [-0.4, -0.2) is 112 Å². The number of nitrogens with one attached hydrogen (secondary N) is 1. The fourth-order valence-electron chi connectivity index (χ4n) is 10.6.